The SMILES string of the molecule is COc1cc(NC(=O)CCN2CCc3ccccc3C2)cc(OC)c1. The Balaban J connectivity index is 1.54. The van der Waals surface area contributed by atoms with Crippen molar-refractivity contribution in [2.24, 2.45) is 0 Å². The molecule has 1 heterocycles. The molecule has 0 bridgehead atoms. The van der Waals surface area contributed by atoms with E-state index in [0.29, 0.717) is 23.6 Å². The number of fused-ring (bicyclic) bond motifs is 1. The van der Waals surface area contributed by atoms with E-state index in [2.05, 4.69) is 34.5 Å². The first kappa shape index (κ1) is 17.3. The van der Waals surface area contributed by atoms with Gasteiger partial charge in [-0.25, -0.2) is 0 Å². The largest absolute Gasteiger partial charge is 0.497 e. The molecule has 132 valence electrons. The Morgan fingerprint density at radius 3 is 2.44 bits per heavy atom. The van der Waals surface area contributed by atoms with Crippen molar-refractivity contribution in [3.63, 3.8) is 0 Å². The van der Waals surface area contributed by atoms with Gasteiger partial charge in [0.15, 0.2) is 0 Å². The summed E-state index contributed by atoms with van der Waals surface area (Å²) in [7, 11) is 3.18. The number of hydrogen-bond donors (Lipinski definition) is 1. The standard InChI is InChI=1S/C20H24N2O3/c1-24-18-11-17(12-19(13-18)25-2)21-20(23)8-10-22-9-7-15-5-3-4-6-16(15)14-22/h3-6,11-13H,7-10,14H2,1-2H3,(H,21,23). The van der Waals surface area contributed by atoms with Crippen LogP contribution in [0.3, 0.4) is 0 Å². The van der Waals surface area contributed by atoms with Crippen LogP contribution in [0.15, 0.2) is 42.5 Å². The lowest BCUT2D eigenvalue weighted by Crippen LogP contribution is -2.33. The third kappa shape index (κ3) is 4.51. The van der Waals surface area contributed by atoms with Gasteiger partial charge in [0.05, 0.1) is 14.2 Å². The van der Waals surface area contributed by atoms with Crippen LogP contribution in [0.4, 0.5) is 5.69 Å². The second-order valence-corrected chi connectivity index (χ2v) is 6.19. The summed E-state index contributed by atoms with van der Waals surface area (Å²) >= 11 is 0. The molecule has 2 aromatic rings. The molecule has 5 nitrogen and oxygen atoms in total. The molecular formula is C20H24N2O3. The maximum Gasteiger partial charge on any atom is 0.225 e. The molecule has 1 N–H and O–H groups in total. The zero-order valence-corrected chi connectivity index (χ0v) is 14.7. The fourth-order valence-corrected chi connectivity index (χ4v) is 3.11. The van der Waals surface area contributed by atoms with Crippen molar-refractivity contribution in [3.8, 4) is 11.5 Å². The van der Waals surface area contributed by atoms with E-state index in [0.717, 1.165) is 26.1 Å². The molecule has 0 aliphatic carbocycles. The number of carbonyl (C=O) groups is 1. The molecule has 0 unspecified atom stereocenters. The fraction of sp³-hybridized carbons (Fsp3) is 0.350. The summed E-state index contributed by atoms with van der Waals surface area (Å²) < 4.78 is 10.5. The van der Waals surface area contributed by atoms with Crippen molar-refractivity contribution < 1.29 is 14.3 Å². The highest BCUT2D eigenvalue weighted by Crippen LogP contribution is 2.26. The number of amides is 1. The molecule has 0 atom stereocenters. The van der Waals surface area contributed by atoms with E-state index in [1.165, 1.54) is 11.1 Å². The Morgan fingerprint density at radius 1 is 1.08 bits per heavy atom. The Bertz CT molecular complexity index is 723. The van der Waals surface area contributed by atoms with Crippen LogP contribution in [0, 0.1) is 0 Å². The Morgan fingerprint density at radius 2 is 1.76 bits per heavy atom. The fourth-order valence-electron chi connectivity index (χ4n) is 3.11. The van der Waals surface area contributed by atoms with Crippen LogP contribution in [-0.2, 0) is 17.8 Å². The Kier molecular flexibility index (Phi) is 5.56. The third-order valence-corrected chi connectivity index (χ3v) is 4.50. The first-order valence-corrected chi connectivity index (χ1v) is 8.50. The lowest BCUT2D eigenvalue weighted by Gasteiger charge is -2.28. The minimum absolute atomic E-state index is 0.00540. The molecule has 0 aromatic heterocycles. The van der Waals surface area contributed by atoms with Crippen molar-refractivity contribution in [1.29, 1.82) is 0 Å². The van der Waals surface area contributed by atoms with Crippen LogP contribution >= 0.6 is 0 Å². The smallest absolute Gasteiger partial charge is 0.225 e. The summed E-state index contributed by atoms with van der Waals surface area (Å²) in [6, 6.07) is 13.9. The van der Waals surface area contributed by atoms with Crippen LogP contribution in [0.5, 0.6) is 11.5 Å². The molecule has 1 aliphatic heterocycles. The highest BCUT2D eigenvalue weighted by molar-refractivity contribution is 5.91. The van der Waals surface area contributed by atoms with Crippen molar-refractivity contribution in [3.05, 3.63) is 53.6 Å². The highest BCUT2D eigenvalue weighted by Gasteiger charge is 2.16. The number of hydrogen-bond acceptors (Lipinski definition) is 4. The summed E-state index contributed by atoms with van der Waals surface area (Å²) in [4.78, 5) is 14.6. The minimum atomic E-state index is -0.00540. The van der Waals surface area contributed by atoms with Crippen LogP contribution in [0.1, 0.15) is 17.5 Å². The van der Waals surface area contributed by atoms with Crippen molar-refractivity contribution in [2.45, 2.75) is 19.4 Å². The predicted molar refractivity (Wildman–Crippen MR) is 98.2 cm³/mol. The van der Waals surface area contributed by atoms with Gasteiger partial charge in [-0.3, -0.25) is 9.69 Å². The summed E-state index contributed by atoms with van der Waals surface area (Å²) in [5.41, 5.74) is 3.48. The summed E-state index contributed by atoms with van der Waals surface area (Å²) in [6.45, 7) is 2.66. The summed E-state index contributed by atoms with van der Waals surface area (Å²) in [5.74, 6) is 1.30. The van der Waals surface area contributed by atoms with Crippen LogP contribution in [0.25, 0.3) is 0 Å². The number of nitrogens with zero attached hydrogens (tertiary/aromatic N) is 1. The zero-order valence-electron chi connectivity index (χ0n) is 14.7. The molecule has 1 aliphatic rings. The molecule has 0 fully saturated rings. The second-order valence-electron chi connectivity index (χ2n) is 6.19. The Labute approximate surface area is 148 Å². The van der Waals surface area contributed by atoms with E-state index < -0.39 is 0 Å². The van der Waals surface area contributed by atoms with Crippen LogP contribution in [0.2, 0.25) is 0 Å². The van der Waals surface area contributed by atoms with E-state index in [1.807, 2.05) is 0 Å². The summed E-state index contributed by atoms with van der Waals surface area (Å²) in [5, 5.41) is 2.92. The van der Waals surface area contributed by atoms with Crippen LogP contribution < -0.4 is 14.8 Å². The van der Waals surface area contributed by atoms with Crippen LogP contribution in [-0.4, -0.2) is 38.1 Å². The molecule has 2 aromatic carbocycles. The van der Waals surface area contributed by atoms with Gasteiger partial charge in [-0.1, -0.05) is 24.3 Å². The van der Waals surface area contributed by atoms with Crippen molar-refractivity contribution in [2.75, 3.05) is 32.6 Å². The lowest BCUT2D eigenvalue weighted by atomic mass is 10.00. The van der Waals surface area contributed by atoms with E-state index >= 15 is 0 Å². The topological polar surface area (TPSA) is 50.8 Å². The number of carbonyl (C=O) groups excluding carboxylic acids is 1. The molecule has 0 saturated carbocycles. The van der Waals surface area contributed by atoms with Gasteiger partial charge in [-0.15, -0.1) is 0 Å². The van der Waals surface area contributed by atoms with Gasteiger partial charge in [0, 0.05) is 49.9 Å². The summed E-state index contributed by atoms with van der Waals surface area (Å²) in [6.07, 6.45) is 1.51. The van der Waals surface area contributed by atoms with E-state index in [4.69, 9.17) is 9.47 Å². The average molecular weight is 340 g/mol. The molecule has 0 radical (unpaired) electrons. The van der Waals surface area contributed by atoms with Gasteiger partial charge in [0.1, 0.15) is 11.5 Å². The first-order valence-electron chi connectivity index (χ1n) is 8.50. The lowest BCUT2D eigenvalue weighted by molar-refractivity contribution is -0.116. The number of rotatable bonds is 6. The van der Waals surface area contributed by atoms with E-state index in [-0.39, 0.29) is 5.91 Å². The number of ether oxygens (including phenoxy) is 2. The molecular weight excluding hydrogens is 316 g/mol. The quantitative estimate of drug-likeness (QED) is 0.878. The van der Waals surface area contributed by atoms with Crippen molar-refractivity contribution >= 4 is 11.6 Å². The van der Waals surface area contributed by atoms with Gasteiger partial charge in [-0.05, 0) is 17.5 Å². The van der Waals surface area contributed by atoms with E-state index in [9.17, 15) is 4.79 Å². The average Bonchev–Trinajstić information content (AvgIpc) is 2.65. The normalized spacial score (nSPS) is 13.8. The van der Waals surface area contributed by atoms with E-state index in [1.54, 1.807) is 32.4 Å². The molecule has 0 saturated heterocycles. The van der Waals surface area contributed by atoms with Gasteiger partial charge in [0.25, 0.3) is 0 Å². The zero-order chi connectivity index (χ0) is 17.6. The first-order chi connectivity index (χ1) is 12.2. The molecule has 5 heteroatoms. The third-order valence-electron chi connectivity index (χ3n) is 4.50. The predicted octanol–water partition coefficient (Wildman–Crippen LogP) is 3.09. The molecule has 1 amide bonds. The monoisotopic (exact) mass is 340 g/mol. The van der Waals surface area contributed by atoms with Gasteiger partial charge < -0.3 is 14.8 Å². The maximum atomic E-state index is 12.3. The number of methoxy groups -OCH3 is 2. The number of benzene rings is 2. The van der Waals surface area contributed by atoms with Crippen molar-refractivity contribution in [1.82, 2.24) is 4.90 Å². The highest BCUT2D eigenvalue weighted by atomic mass is 16.5. The molecule has 25 heavy (non-hydrogen) atoms. The van der Waals surface area contributed by atoms with Gasteiger partial charge in [-0.2, -0.15) is 0 Å². The van der Waals surface area contributed by atoms with Gasteiger partial charge >= 0.3 is 0 Å². The molecule has 3 rings (SSSR count). The van der Waals surface area contributed by atoms with Gasteiger partial charge in [0.2, 0.25) is 5.91 Å². The number of nitrogens with one attached hydrogen (secondary N) is 1. The maximum absolute atomic E-state index is 12.3. The molecule has 0 spiro atoms. The number of anilines is 1. The Hall–Kier alpha value is -2.53. The minimum Gasteiger partial charge on any atom is -0.497 e. The second kappa shape index (κ2) is 8.03.